The number of nitrogens with zero attached hydrogens (tertiary/aromatic N) is 2. The molecule has 4 rings (SSSR count). The van der Waals surface area contributed by atoms with E-state index in [2.05, 4.69) is 4.98 Å². The van der Waals surface area contributed by atoms with E-state index in [1.165, 1.54) is 4.90 Å². The van der Waals surface area contributed by atoms with E-state index in [0.717, 1.165) is 0 Å². The molecule has 0 saturated carbocycles. The molecule has 31 heavy (non-hydrogen) atoms. The summed E-state index contributed by atoms with van der Waals surface area (Å²) in [6.45, 7) is 0.00634. The minimum atomic E-state index is -3.71. The molecule has 158 valence electrons. The molecule has 0 radical (unpaired) electrons. The first-order chi connectivity index (χ1) is 15.0. The van der Waals surface area contributed by atoms with Gasteiger partial charge in [-0.1, -0.05) is 66.2 Å². The van der Waals surface area contributed by atoms with Crippen LogP contribution < -0.4 is 4.90 Å². The molecule has 1 aliphatic rings. The highest BCUT2D eigenvalue weighted by molar-refractivity contribution is 8.00. The van der Waals surface area contributed by atoms with Gasteiger partial charge in [-0.25, -0.2) is 13.4 Å². The molecule has 2 heterocycles. The van der Waals surface area contributed by atoms with Gasteiger partial charge in [0.2, 0.25) is 5.76 Å². The Labute approximate surface area is 185 Å². The van der Waals surface area contributed by atoms with E-state index >= 15 is 0 Å². The number of hydrogen-bond donors (Lipinski definition) is 0. The highest BCUT2D eigenvalue weighted by Gasteiger charge is 2.36. The SMILES string of the molecule is O=C(C1=C(c2ccccc2)S(=O)(=O)CCO1)N(Cc1ccccc1Cl)c1ccccn1. The van der Waals surface area contributed by atoms with Crippen LogP contribution in [-0.2, 0) is 25.9 Å². The number of benzene rings is 2. The Balaban J connectivity index is 1.85. The third-order valence-electron chi connectivity index (χ3n) is 4.80. The number of rotatable bonds is 5. The number of sulfone groups is 1. The predicted octanol–water partition coefficient (Wildman–Crippen LogP) is 4.08. The van der Waals surface area contributed by atoms with Gasteiger partial charge in [0.1, 0.15) is 17.3 Å². The second kappa shape index (κ2) is 8.91. The van der Waals surface area contributed by atoms with E-state index < -0.39 is 15.7 Å². The van der Waals surface area contributed by atoms with Crippen molar-refractivity contribution in [2.75, 3.05) is 17.3 Å². The first-order valence-corrected chi connectivity index (χ1v) is 11.6. The molecule has 0 unspecified atom stereocenters. The lowest BCUT2D eigenvalue weighted by molar-refractivity contribution is -0.118. The van der Waals surface area contributed by atoms with Gasteiger partial charge >= 0.3 is 0 Å². The van der Waals surface area contributed by atoms with Gasteiger partial charge < -0.3 is 4.74 Å². The van der Waals surface area contributed by atoms with Crippen molar-refractivity contribution in [1.82, 2.24) is 4.98 Å². The number of anilines is 1. The predicted molar refractivity (Wildman–Crippen MR) is 120 cm³/mol. The highest BCUT2D eigenvalue weighted by Crippen LogP contribution is 2.32. The van der Waals surface area contributed by atoms with Gasteiger partial charge in [-0.05, 0) is 29.3 Å². The minimum Gasteiger partial charge on any atom is -0.486 e. The topological polar surface area (TPSA) is 76.6 Å². The van der Waals surface area contributed by atoms with Gasteiger partial charge in [-0.15, -0.1) is 0 Å². The maximum absolute atomic E-state index is 13.7. The van der Waals surface area contributed by atoms with E-state index in [-0.39, 0.29) is 29.6 Å². The summed E-state index contributed by atoms with van der Waals surface area (Å²) < 4.78 is 31.5. The number of carbonyl (C=O) groups excluding carboxylic acids is 1. The monoisotopic (exact) mass is 454 g/mol. The van der Waals surface area contributed by atoms with Crippen LogP contribution in [0, 0.1) is 0 Å². The molecule has 0 N–H and O–H groups in total. The van der Waals surface area contributed by atoms with E-state index in [4.69, 9.17) is 16.3 Å². The summed E-state index contributed by atoms with van der Waals surface area (Å²) in [6.07, 6.45) is 1.56. The highest BCUT2D eigenvalue weighted by atomic mass is 35.5. The van der Waals surface area contributed by atoms with E-state index in [1.54, 1.807) is 72.9 Å². The molecular formula is C23H19ClN2O4S. The zero-order chi connectivity index (χ0) is 21.8. The van der Waals surface area contributed by atoms with Crippen LogP contribution in [0.1, 0.15) is 11.1 Å². The zero-order valence-electron chi connectivity index (χ0n) is 16.4. The third kappa shape index (κ3) is 4.47. The molecule has 1 aliphatic heterocycles. The molecule has 0 spiro atoms. The average molecular weight is 455 g/mol. The summed E-state index contributed by atoms with van der Waals surface area (Å²) in [7, 11) is -3.71. The molecule has 8 heteroatoms. The third-order valence-corrected chi connectivity index (χ3v) is 6.92. The molecular weight excluding hydrogens is 436 g/mol. The summed E-state index contributed by atoms with van der Waals surface area (Å²) >= 11 is 6.32. The Hall–Kier alpha value is -3.16. The van der Waals surface area contributed by atoms with Crippen molar-refractivity contribution in [3.05, 3.63) is 101 Å². The smallest absolute Gasteiger partial charge is 0.296 e. The Morgan fingerprint density at radius 2 is 1.71 bits per heavy atom. The number of halogens is 1. The fraction of sp³-hybridized carbons (Fsp3) is 0.130. The molecule has 6 nitrogen and oxygen atoms in total. The van der Waals surface area contributed by atoms with E-state index in [0.29, 0.717) is 22.0 Å². The second-order valence-electron chi connectivity index (χ2n) is 6.86. The second-order valence-corrected chi connectivity index (χ2v) is 9.32. The van der Waals surface area contributed by atoms with Crippen LogP contribution in [0.3, 0.4) is 0 Å². The number of aromatic nitrogens is 1. The van der Waals surface area contributed by atoms with Crippen molar-refractivity contribution >= 4 is 38.1 Å². The summed E-state index contributed by atoms with van der Waals surface area (Å²) in [6, 6.07) is 20.8. The molecule has 0 fully saturated rings. The van der Waals surface area contributed by atoms with Gasteiger partial charge in [0.05, 0.1) is 12.3 Å². The first kappa shape index (κ1) is 21.1. The Morgan fingerprint density at radius 3 is 2.42 bits per heavy atom. The normalized spacial score (nSPS) is 15.3. The molecule has 1 amide bonds. The zero-order valence-corrected chi connectivity index (χ0v) is 18.0. The molecule has 0 saturated heterocycles. The van der Waals surface area contributed by atoms with Gasteiger partial charge in [0.25, 0.3) is 5.91 Å². The number of hydrogen-bond acceptors (Lipinski definition) is 5. The molecule has 0 bridgehead atoms. The number of pyridine rings is 1. The Morgan fingerprint density at radius 1 is 1.00 bits per heavy atom. The lowest BCUT2D eigenvalue weighted by atomic mass is 10.1. The van der Waals surface area contributed by atoms with Crippen LogP contribution in [0.5, 0.6) is 0 Å². The Bertz CT molecular complexity index is 1230. The molecule has 0 atom stereocenters. The van der Waals surface area contributed by atoms with Gasteiger partial charge in [0.15, 0.2) is 9.84 Å². The van der Waals surface area contributed by atoms with Crippen molar-refractivity contribution in [2.24, 2.45) is 0 Å². The number of ether oxygens (including phenoxy) is 1. The lowest BCUT2D eigenvalue weighted by Crippen LogP contribution is -2.36. The van der Waals surface area contributed by atoms with Crippen LogP contribution in [0.4, 0.5) is 5.82 Å². The van der Waals surface area contributed by atoms with Crippen LogP contribution in [0.15, 0.2) is 84.8 Å². The van der Waals surface area contributed by atoms with Gasteiger partial charge in [-0.2, -0.15) is 0 Å². The maximum Gasteiger partial charge on any atom is 0.296 e. The first-order valence-electron chi connectivity index (χ1n) is 9.59. The van der Waals surface area contributed by atoms with E-state index in [9.17, 15) is 13.2 Å². The van der Waals surface area contributed by atoms with Crippen molar-refractivity contribution in [1.29, 1.82) is 0 Å². The Kier molecular flexibility index (Phi) is 6.06. The molecule has 0 aliphatic carbocycles. The maximum atomic E-state index is 13.7. The van der Waals surface area contributed by atoms with Crippen LogP contribution in [0.25, 0.3) is 4.91 Å². The molecule has 3 aromatic rings. The van der Waals surface area contributed by atoms with Crippen molar-refractivity contribution in [3.8, 4) is 0 Å². The lowest BCUT2D eigenvalue weighted by Gasteiger charge is -2.27. The van der Waals surface area contributed by atoms with Crippen LogP contribution >= 0.6 is 11.6 Å². The standard InChI is InChI=1S/C23H19ClN2O4S/c24-19-11-5-4-10-18(19)16-26(20-12-6-7-13-25-20)23(27)21-22(17-8-2-1-3-9-17)31(28,29)15-14-30-21/h1-13H,14-16H2. The molecule has 1 aromatic heterocycles. The summed E-state index contributed by atoms with van der Waals surface area (Å²) in [4.78, 5) is 19.2. The van der Waals surface area contributed by atoms with Crippen molar-refractivity contribution in [2.45, 2.75) is 6.54 Å². The number of carbonyl (C=O) groups is 1. The summed E-state index contributed by atoms with van der Waals surface area (Å²) in [5.74, 6) is -0.642. The largest absolute Gasteiger partial charge is 0.486 e. The summed E-state index contributed by atoms with van der Waals surface area (Å²) in [5, 5.41) is 0.491. The van der Waals surface area contributed by atoms with Crippen LogP contribution in [0.2, 0.25) is 5.02 Å². The fourth-order valence-corrected chi connectivity index (χ4v) is 4.94. The molecule has 2 aromatic carbocycles. The van der Waals surface area contributed by atoms with Crippen molar-refractivity contribution in [3.63, 3.8) is 0 Å². The quantitative estimate of drug-likeness (QED) is 0.580. The van der Waals surface area contributed by atoms with E-state index in [1.807, 2.05) is 6.07 Å². The minimum absolute atomic E-state index is 0.0953. The average Bonchev–Trinajstić information content (AvgIpc) is 2.78. The van der Waals surface area contributed by atoms with Gasteiger partial charge in [0, 0.05) is 11.2 Å². The summed E-state index contributed by atoms with van der Waals surface area (Å²) in [5.41, 5.74) is 1.10. The number of amides is 1. The fourth-order valence-electron chi connectivity index (χ4n) is 3.31. The van der Waals surface area contributed by atoms with Crippen molar-refractivity contribution < 1.29 is 17.9 Å². The van der Waals surface area contributed by atoms with Crippen LogP contribution in [-0.4, -0.2) is 31.7 Å². The van der Waals surface area contributed by atoms with Gasteiger partial charge in [-0.3, -0.25) is 9.69 Å².